The van der Waals surface area contributed by atoms with Crippen molar-refractivity contribution in [2.45, 2.75) is 13.8 Å². The summed E-state index contributed by atoms with van der Waals surface area (Å²) in [5.74, 6) is 6.42. The summed E-state index contributed by atoms with van der Waals surface area (Å²) in [7, 11) is 0. The number of thiophene rings is 1. The topological polar surface area (TPSA) is 0 Å². The molecule has 102 valence electrons. The molecule has 0 aliphatic carbocycles. The molecule has 0 aliphatic rings. The van der Waals surface area contributed by atoms with E-state index < -0.39 is 0 Å². The van der Waals surface area contributed by atoms with Crippen molar-refractivity contribution in [3.63, 3.8) is 0 Å². The lowest BCUT2D eigenvalue weighted by atomic mass is 10.1. The molecule has 3 aromatic rings. The van der Waals surface area contributed by atoms with Crippen molar-refractivity contribution in [1.82, 2.24) is 0 Å². The number of aryl methyl sites for hydroxylation is 2. The van der Waals surface area contributed by atoms with Crippen molar-refractivity contribution in [3.8, 4) is 22.3 Å². The highest BCUT2D eigenvalue weighted by Crippen LogP contribution is 2.27. The van der Waals surface area contributed by atoms with Gasteiger partial charge in [-0.1, -0.05) is 41.7 Å². The zero-order chi connectivity index (χ0) is 14.7. The first-order chi connectivity index (χ1) is 10.2. The summed E-state index contributed by atoms with van der Waals surface area (Å²) < 4.78 is 0. The summed E-state index contributed by atoms with van der Waals surface area (Å²) in [6.07, 6.45) is 0. The van der Waals surface area contributed by atoms with Gasteiger partial charge in [0.2, 0.25) is 0 Å². The van der Waals surface area contributed by atoms with E-state index in [1.807, 2.05) is 11.3 Å². The van der Waals surface area contributed by atoms with E-state index in [0.717, 1.165) is 11.1 Å². The third-order valence-electron chi connectivity index (χ3n) is 3.31. The van der Waals surface area contributed by atoms with Crippen LogP contribution in [0.3, 0.4) is 0 Å². The second-order valence-corrected chi connectivity index (χ2v) is 6.39. The van der Waals surface area contributed by atoms with Crippen LogP contribution in [-0.4, -0.2) is 0 Å². The first kappa shape index (κ1) is 13.7. The van der Waals surface area contributed by atoms with Crippen molar-refractivity contribution in [2.24, 2.45) is 0 Å². The molecule has 0 amide bonds. The fraction of sp³-hybridized carbons (Fsp3) is 0.100. The lowest BCUT2D eigenvalue weighted by Crippen LogP contribution is -1.78. The van der Waals surface area contributed by atoms with Gasteiger partial charge in [0.1, 0.15) is 0 Å². The largest absolute Gasteiger partial charge is 0.141 e. The number of hydrogen-bond acceptors (Lipinski definition) is 1. The predicted octanol–water partition coefficient (Wildman–Crippen LogP) is 5.43. The van der Waals surface area contributed by atoms with E-state index in [1.54, 1.807) is 0 Å². The van der Waals surface area contributed by atoms with Crippen molar-refractivity contribution >= 4 is 11.3 Å². The molecule has 0 saturated carbocycles. The highest BCUT2D eigenvalue weighted by Gasteiger charge is 1.99. The minimum Gasteiger partial charge on any atom is -0.141 e. The average molecular weight is 288 g/mol. The summed E-state index contributed by atoms with van der Waals surface area (Å²) >= 11 is 1.82. The van der Waals surface area contributed by atoms with Gasteiger partial charge in [0.25, 0.3) is 0 Å². The van der Waals surface area contributed by atoms with Gasteiger partial charge in [0, 0.05) is 20.9 Å². The first-order valence-electron chi connectivity index (χ1n) is 6.96. The summed E-state index contributed by atoms with van der Waals surface area (Å²) in [6, 6.07) is 21.1. The number of rotatable bonds is 1. The van der Waals surface area contributed by atoms with E-state index in [4.69, 9.17) is 0 Å². The van der Waals surface area contributed by atoms with Gasteiger partial charge in [-0.25, -0.2) is 0 Å². The third-order valence-corrected chi connectivity index (χ3v) is 4.36. The van der Waals surface area contributed by atoms with E-state index in [1.165, 1.54) is 20.9 Å². The maximum Gasteiger partial charge on any atom is 0.0345 e. The molecule has 1 aromatic heterocycles. The quantitative estimate of drug-likeness (QED) is 0.524. The fourth-order valence-corrected chi connectivity index (χ4v) is 2.96. The minimum atomic E-state index is 1.05. The molecule has 0 N–H and O–H groups in total. The van der Waals surface area contributed by atoms with Crippen LogP contribution in [0, 0.1) is 25.7 Å². The lowest BCUT2D eigenvalue weighted by Gasteiger charge is -1.97. The van der Waals surface area contributed by atoms with Crippen LogP contribution in [-0.2, 0) is 0 Å². The molecule has 0 atom stereocenters. The SMILES string of the molecule is Cc1ccc(C#Cc2ccc(-c3ccc(C)s3)cc2)cc1. The van der Waals surface area contributed by atoms with Crippen LogP contribution in [0.5, 0.6) is 0 Å². The van der Waals surface area contributed by atoms with Gasteiger partial charge in [0.05, 0.1) is 0 Å². The zero-order valence-corrected chi connectivity index (χ0v) is 13.0. The zero-order valence-electron chi connectivity index (χ0n) is 12.2. The maximum absolute atomic E-state index is 3.22. The van der Waals surface area contributed by atoms with Crippen molar-refractivity contribution in [1.29, 1.82) is 0 Å². The monoisotopic (exact) mass is 288 g/mol. The Bertz CT molecular complexity index is 794. The Morgan fingerprint density at radius 1 is 0.667 bits per heavy atom. The molecule has 0 nitrogen and oxygen atoms in total. The Kier molecular flexibility index (Phi) is 3.90. The summed E-state index contributed by atoms with van der Waals surface area (Å²) in [5.41, 5.74) is 4.62. The molecule has 1 heteroatoms. The molecular formula is C20H16S. The van der Waals surface area contributed by atoms with Crippen LogP contribution in [0.25, 0.3) is 10.4 Å². The first-order valence-corrected chi connectivity index (χ1v) is 7.78. The van der Waals surface area contributed by atoms with Gasteiger partial charge in [-0.3, -0.25) is 0 Å². The predicted molar refractivity (Wildman–Crippen MR) is 91.7 cm³/mol. The van der Waals surface area contributed by atoms with E-state index in [0.29, 0.717) is 0 Å². The van der Waals surface area contributed by atoms with Crippen LogP contribution >= 0.6 is 11.3 Å². The van der Waals surface area contributed by atoms with E-state index >= 15 is 0 Å². The maximum atomic E-state index is 3.22. The molecule has 1 heterocycles. The highest BCUT2D eigenvalue weighted by atomic mass is 32.1. The second kappa shape index (κ2) is 5.99. The van der Waals surface area contributed by atoms with Crippen molar-refractivity contribution in [2.75, 3.05) is 0 Å². The van der Waals surface area contributed by atoms with Crippen molar-refractivity contribution < 1.29 is 0 Å². The molecule has 0 unspecified atom stereocenters. The van der Waals surface area contributed by atoms with Gasteiger partial charge < -0.3 is 0 Å². The Labute approximate surface area is 130 Å². The molecule has 0 bridgehead atoms. The molecule has 0 fully saturated rings. The third kappa shape index (κ3) is 3.42. The van der Waals surface area contributed by atoms with Crippen LogP contribution in [0.4, 0.5) is 0 Å². The minimum absolute atomic E-state index is 1.05. The second-order valence-electron chi connectivity index (χ2n) is 5.10. The standard InChI is InChI=1S/C20H16S/c1-15-3-6-17(7-4-15)8-9-18-10-12-19(13-11-18)20-14-5-16(2)21-20/h3-7,10-14H,1-2H3. The Morgan fingerprint density at radius 3 is 1.76 bits per heavy atom. The molecule has 0 saturated heterocycles. The summed E-state index contributed by atoms with van der Waals surface area (Å²) in [6.45, 7) is 4.22. The molecule has 0 spiro atoms. The molecular weight excluding hydrogens is 272 g/mol. The van der Waals surface area contributed by atoms with E-state index in [2.05, 4.69) is 86.4 Å². The van der Waals surface area contributed by atoms with Crippen LogP contribution < -0.4 is 0 Å². The van der Waals surface area contributed by atoms with Gasteiger partial charge in [0.15, 0.2) is 0 Å². The molecule has 21 heavy (non-hydrogen) atoms. The average Bonchev–Trinajstić information content (AvgIpc) is 2.94. The fourth-order valence-electron chi connectivity index (χ4n) is 2.09. The lowest BCUT2D eigenvalue weighted by molar-refractivity contribution is 1.46. The molecule has 2 aromatic carbocycles. The van der Waals surface area contributed by atoms with Crippen molar-refractivity contribution in [3.05, 3.63) is 82.2 Å². The van der Waals surface area contributed by atoms with Gasteiger partial charge in [-0.05, 0) is 55.8 Å². The Balaban J connectivity index is 1.80. The molecule has 0 aliphatic heterocycles. The summed E-state index contributed by atoms with van der Waals surface area (Å²) in [4.78, 5) is 2.65. The number of hydrogen-bond donors (Lipinski definition) is 0. The molecule has 3 rings (SSSR count). The number of benzene rings is 2. The Morgan fingerprint density at radius 2 is 1.24 bits per heavy atom. The molecule has 0 radical (unpaired) electrons. The normalized spacial score (nSPS) is 10.0. The van der Waals surface area contributed by atoms with Crippen LogP contribution in [0.15, 0.2) is 60.7 Å². The van der Waals surface area contributed by atoms with Gasteiger partial charge in [-0.2, -0.15) is 0 Å². The van der Waals surface area contributed by atoms with Crippen LogP contribution in [0.2, 0.25) is 0 Å². The van der Waals surface area contributed by atoms with Crippen LogP contribution in [0.1, 0.15) is 21.6 Å². The smallest absolute Gasteiger partial charge is 0.0345 e. The van der Waals surface area contributed by atoms with E-state index in [9.17, 15) is 0 Å². The van der Waals surface area contributed by atoms with Gasteiger partial charge >= 0.3 is 0 Å². The Hall–Kier alpha value is -2.30. The van der Waals surface area contributed by atoms with E-state index in [-0.39, 0.29) is 0 Å². The summed E-state index contributed by atoms with van der Waals surface area (Å²) in [5, 5.41) is 0. The highest BCUT2D eigenvalue weighted by molar-refractivity contribution is 7.15. The van der Waals surface area contributed by atoms with Gasteiger partial charge in [-0.15, -0.1) is 11.3 Å².